The molecule has 0 aromatic heterocycles. The third-order valence-corrected chi connectivity index (χ3v) is 3.77. The third-order valence-electron chi connectivity index (χ3n) is 3.77. The summed E-state index contributed by atoms with van der Waals surface area (Å²) in [6.07, 6.45) is 4.46. The molecule has 0 unspecified atom stereocenters. The molecule has 0 fully saturated rings. The molecule has 0 heterocycles. The van der Waals surface area contributed by atoms with Gasteiger partial charge in [0, 0.05) is 12.0 Å². The highest BCUT2D eigenvalue weighted by Crippen LogP contribution is 2.18. The summed E-state index contributed by atoms with van der Waals surface area (Å²) in [5.41, 5.74) is 2.65. The zero-order valence-corrected chi connectivity index (χ0v) is 12.6. The molecule has 3 aromatic rings. The lowest BCUT2D eigenvalue weighted by atomic mass is 9.97. The number of benzene rings is 3. The van der Waals surface area contributed by atoms with Crippen molar-refractivity contribution in [2.75, 3.05) is 0 Å². The number of rotatable bonds is 0. The summed E-state index contributed by atoms with van der Waals surface area (Å²) in [5.74, 6) is 0.225. The SMILES string of the molecule is N#Cc1cccc2ccccc12.O=C1CC=Cc2ccccc21. The van der Waals surface area contributed by atoms with Crippen LogP contribution in [0.3, 0.4) is 0 Å². The van der Waals surface area contributed by atoms with E-state index < -0.39 is 0 Å². The lowest BCUT2D eigenvalue weighted by molar-refractivity contribution is 0.0994. The van der Waals surface area contributed by atoms with Crippen LogP contribution < -0.4 is 0 Å². The second kappa shape index (κ2) is 6.72. The molecule has 0 aliphatic heterocycles. The van der Waals surface area contributed by atoms with E-state index >= 15 is 0 Å². The van der Waals surface area contributed by atoms with Gasteiger partial charge in [-0.05, 0) is 22.4 Å². The minimum atomic E-state index is 0.225. The molecule has 0 N–H and O–H groups in total. The number of hydrogen-bond donors (Lipinski definition) is 0. The van der Waals surface area contributed by atoms with Gasteiger partial charge >= 0.3 is 0 Å². The zero-order chi connectivity index (χ0) is 16.1. The van der Waals surface area contributed by atoms with Crippen molar-refractivity contribution in [2.24, 2.45) is 0 Å². The molecule has 0 amide bonds. The largest absolute Gasteiger partial charge is 0.294 e. The fourth-order valence-corrected chi connectivity index (χ4v) is 2.62. The van der Waals surface area contributed by atoms with Crippen molar-refractivity contribution in [1.82, 2.24) is 0 Å². The van der Waals surface area contributed by atoms with Crippen LogP contribution in [0.15, 0.2) is 72.8 Å². The molecular weight excluding hydrogens is 282 g/mol. The number of nitrogens with zero attached hydrogens (tertiary/aromatic N) is 1. The Morgan fingerprint density at radius 1 is 0.870 bits per heavy atom. The van der Waals surface area contributed by atoms with Gasteiger partial charge < -0.3 is 0 Å². The molecule has 0 radical (unpaired) electrons. The Balaban J connectivity index is 0.000000136. The van der Waals surface area contributed by atoms with Crippen molar-refractivity contribution >= 4 is 22.6 Å². The Labute approximate surface area is 135 Å². The lowest BCUT2D eigenvalue weighted by Crippen LogP contribution is -2.02. The standard InChI is InChI=1S/C11H7N.C10H8O/c12-8-10-6-3-5-9-4-1-2-7-11(9)10;11-10-7-3-5-8-4-1-2-6-9(8)10/h1-7H;1-6H,7H2. The Hall–Kier alpha value is -3.18. The van der Waals surface area contributed by atoms with Gasteiger partial charge in [-0.15, -0.1) is 0 Å². The van der Waals surface area contributed by atoms with Crippen molar-refractivity contribution in [3.63, 3.8) is 0 Å². The van der Waals surface area contributed by atoms with Gasteiger partial charge in [-0.3, -0.25) is 4.79 Å². The smallest absolute Gasteiger partial charge is 0.167 e. The number of ketones is 1. The van der Waals surface area contributed by atoms with Gasteiger partial charge in [-0.1, -0.05) is 72.8 Å². The van der Waals surface area contributed by atoms with Crippen molar-refractivity contribution < 1.29 is 4.79 Å². The molecule has 0 atom stereocenters. The number of allylic oxidation sites excluding steroid dienone is 1. The normalized spacial score (nSPS) is 12.0. The van der Waals surface area contributed by atoms with Crippen LogP contribution in [0.2, 0.25) is 0 Å². The molecule has 23 heavy (non-hydrogen) atoms. The number of carbonyl (C=O) groups excluding carboxylic acids is 1. The monoisotopic (exact) mass is 297 g/mol. The Kier molecular flexibility index (Phi) is 4.31. The van der Waals surface area contributed by atoms with Crippen LogP contribution in [-0.4, -0.2) is 5.78 Å². The van der Waals surface area contributed by atoms with E-state index in [0.717, 1.165) is 27.5 Å². The molecular formula is C21H15NO. The van der Waals surface area contributed by atoms with Crippen molar-refractivity contribution in [3.05, 3.63) is 89.5 Å². The van der Waals surface area contributed by atoms with Crippen LogP contribution >= 0.6 is 0 Å². The molecule has 110 valence electrons. The van der Waals surface area contributed by atoms with Gasteiger partial charge in [0.2, 0.25) is 0 Å². The lowest BCUT2D eigenvalue weighted by Gasteiger charge is -2.07. The van der Waals surface area contributed by atoms with Crippen LogP contribution in [0, 0.1) is 11.3 Å². The van der Waals surface area contributed by atoms with Crippen molar-refractivity contribution in [2.45, 2.75) is 6.42 Å². The maximum atomic E-state index is 11.2. The van der Waals surface area contributed by atoms with Crippen LogP contribution in [0.4, 0.5) is 0 Å². The Morgan fingerprint density at radius 2 is 1.61 bits per heavy atom. The second-order valence-corrected chi connectivity index (χ2v) is 5.26. The maximum Gasteiger partial charge on any atom is 0.167 e. The molecule has 0 bridgehead atoms. The van der Waals surface area contributed by atoms with Gasteiger partial charge in [0.15, 0.2) is 5.78 Å². The van der Waals surface area contributed by atoms with Crippen molar-refractivity contribution in [3.8, 4) is 6.07 Å². The topological polar surface area (TPSA) is 40.9 Å². The summed E-state index contributed by atoms with van der Waals surface area (Å²) in [6, 6.07) is 23.5. The van der Waals surface area contributed by atoms with Crippen LogP contribution in [0.1, 0.15) is 27.9 Å². The zero-order valence-electron chi connectivity index (χ0n) is 12.6. The summed E-state index contributed by atoms with van der Waals surface area (Å²) in [6.45, 7) is 0. The predicted molar refractivity (Wildman–Crippen MR) is 93.1 cm³/mol. The first kappa shape index (κ1) is 14.7. The van der Waals surface area contributed by atoms with E-state index in [4.69, 9.17) is 5.26 Å². The first-order valence-electron chi connectivity index (χ1n) is 7.46. The first-order valence-corrected chi connectivity index (χ1v) is 7.46. The average molecular weight is 297 g/mol. The molecule has 2 nitrogen and oxygen atoms in total. The number of carbonyl (C=O) groups is 1. The summed E-state index contributed by atoms with van der Waals surface area (Å²) < 4.78 is 0. The number of fused-ring (bicyclic) bond motifs is 2. The van der Waals surface area contributed by atoms with E-state index in [1.54, 1.807) is 0 Å². The van der Waals surface area contributed by atoms with Crippen LogP contribution in [-0.2, 0) is 0 Å². The quantitative estimate of drug-likeness (QED) is 0.586. The molecule has 0 saturated heterocycles. The molecule has 2 heteroatoms. The van der Waals surface area contributed by atoms with E-state index in [1.165, 1.54) is 0 Å². The Morgan fingerprint density at radius 3 is 2.43 bits per heavy atom. The van der Waals surface area contributed by atoms with E-state index in [-0.39, 0.29) is 5.78 Å². The summed E-state index contributed by atoms with van der Waals surface area (Å²) in [4.78, 5) is 11.2. The molecule has 4 rings (SSSR count). The molecule has 1 aliphatic carbocycles. The van der Waals surface area contributed by atoms with Crippen LogP contribution in [0.5, 0.6) is 0 Å². The minimum absolute atomic E-state index is 0.225. The van der Waals surface area contributed by atoms with Gasteiger partial charge in [0.25, 0.3) is 0 Å². The van der Waals surface area contributed by atoms with Gasteiger partial charge in [0.1, 0.15) is 0 Å². The van der Waals surface area contributed by atoms with E-state index in [9.17, 15) is 4.79 Å². The van der Waals surface area contributed by atoms with Crippen LogP contribution in [0.25, 0.3) is 16.8 Å². The molecule has 1 aliphatic rings. The summed E-state index contributed by atoms with van der Waals surface area (Å²) in [7, 11) is 0. The third kappa shape index (κ3) is 3.20. The predicted octanol–water partition coefficient (Wildman–Crippen LogP) is 5.00. The van der Waals surface area contributed by atoms with Gasteiger partial charge in [-0.25, -0.2) is 0 Å². The highest BCUT2D eigenvalue weighted by Gasteiger charge is 2.10. The Bertz CT molecular complexity index is 926. The fourth-order valence-electron chi connectivity index (χ4n) is 2.62. The van der Waals surface area contributed by atoms with E-state index in [2.05, 4.69) is 6.07 Å². The van der Waals surface area contributed by atoms with Gasteiger partial charge in [0.05, 0.1) is 11.6 Å². The first-order chi connectivity index (χ1) is 11.3. The van der Waals surface area contributed by atoms with Gasteiger partial charge in [-0.2, -0.15) is 5.26 Å². The summed E-state index contributed by atoms with van der Waals surface area (Å²) >= 11 is 0. The number of Topliss-reactive ketones (excluding diaryl/α,β-unsaturated/α-hetero) is 1. The highest BCUT2D eigenvalue weighted by molar-refractivity contribution is 6.02. The number of nitriles is 1. The maximum absolute atomic E-state index is 11.2. The minimum Gasteiger partial charge on any atom is -0.294 e. The number of hydrogen-bond acceptors (Lipinski definition) is 2. The van der Waals surface area contributed by atoms with E-state index in [1.807, 2.05) is 78.9 Å². The molecule has 0 spiro atoms. The summed E-state index contributed by atoms with van der Waals surface area (Å²) in [5, 5.41) is 10.9. The fraction of sp³-hybridized carbons (Fsp3) is 0.0476. The van der Waals surface area contributed by atoms with Crippen molar-refractivity contribution in [1.29, 1.82) is 5.26 Å². The molecule has 3 aromatic carbocycles. The van der Waals surface area contributed by atoms with E-state index in [0.29, 0.717) is 6.42 Å². The highest BCUT2D eigenvalue weighted by atomic mass is 16.1. The average Bonchev–Trinajstić information content (AvgIpc) is 2.62. The molecule has 0 saturated carbocycles. The second-order valence-electron chi connectivity index (χ2n) is 5.26.